The van der Waals surface area contributed by atoms with Crippen LogP contribution >= 0.6 is 0 Å². The van der Waals surface area contributed by atoms with Crippen LogP contribution in [0.15, 0.2) is 0 Å². The second-order valence-electron chi connectivity index (χ2n) is 2.54. The fourth-order valence-corrected chi connectivity index (χ4v) is 2.83. The molecule has 1 fully saturated rings. The smallest absolute Gasteiger partial charge is 0.207 e. The number of hydrogen-bond acceptors (Lipinski definition) is 4. The molecule has 5 nitrogen and oxygen atoms in total. The van der Waals surface area contributed by atoms with E-state index in [4.69, 9.17) is 5.11 Å². The average molecular weight is 179 g/mol. The summed E-state index contributed by atoms with van der Waals surface area (Å²) in [6, 6.07) is -0.627. The molecule has 0 aromatic carbocycles. The number of aliphatic hydroxyl groups is 1. The molecule has 0 aromatic rings. The Hall–Kier alpha value is -0.620. The third-order valence-corrected chi connectivity index (χ3v) is 3.32. The minimum absolute atomic E-state index is 0.160. The first-order chi connectivity index (χ1) is 5.05. The van der Waals surface area contributed by atoms with Crippen LogP contribution in [0.3, 0.4) is 0 Å². The van der Waals surface area contributed by atoms with Crippen molar-refractivity contribution in [3.8, 4) is 0 Å². The van der Waals surface area contributed by atoms with Gasteiger partial charge in [0, 0.05) is 0 Å². The van der Waals surface area contributed by atoms with E-state index in [2.05, 4.69) is 5.32 Å². The predicted octanol–water partition coefficient (Wildman–Crippen LogP) is -2.11. The molecule has 2 N–H and O–H groups in total. The van der Waals surface area contributed by atoms with E-state index in [1.807, 2.05) is 0 Å². The second kappa shape index (κ2) is 2.78. The summed E-state index contributed by atoms with van der Waals surface area (Å²) in [6.07, 6.45) is -0.556. The van der Waals surface area contributed by atoms with Gasteiger partial charge in [0.1, 0.15) is 0 Å². The number of carbonyl (C=O) groups is 1. The van der Waals surface area contributed by atoms with E-state index in [1.54, 1.807) is 0 Å². The number of nitrogens with one attached hydrogen (secondary N) is 1. The lowest BCUT2D eigenvalue weighted by Crippen LogP contribution is -2.37. The van der Waals surface area contributed by atoms with E-state index < -0.39 is 22.0 Å². The molecule has 11 heavy (non-hydrogen) atoms. The molecule has 1 saturated heterocycles. The van der Waals surface area contributed by atoms with Gasteiger partial charge in [0.15, 0.2) is 9.84 Å². The van der Waals surface area contributed by atoms with Crippen molar-refractivity contribution in [3.05, 3.63) is 0 Å². The van der Waals surface area contributed by atoms with Crippen molar-refractivity contribution in [1.82, 2.24) is 5.32 Å². The first-order valence-corrected chi connectivity index (χ1v) is 4.95. The third kappa shape index (κ3) is 1.90. The van der Waals surface area contributed by atoms with Crippen LogP contribution in [-0.4, -0.2) is 43.6 Å². The van der Waals surface area contributed by atoms with Crippen LogP contribution in [-0.2, 0) is 14.6 Å². The maximum atomic E-state index is 10.8. The lowest BCUT2D eigenvalue weighted by Gasteiger charge is -2.09. The normalized spacial score (nSPS) is 35.0. The molecular weight excluding hydrogens is 170 g/mol. The largest absolute Gasteiger partial charge is 0.390 e. The highest BCUT2D eigenvalue weighted by Crippen LogP contribution is 2.11. The summed E-state index contributed by atoms with van der Waals surface area (Å²) >= 11 is 0. The van der Waals surface area contributed by atoms with Gasteiger partial charge in [0.05, 0.1) is 23.7 Å². The van der Waals surface area contributed by atoms with Gasteiger partial charge in [-0.25, -0.2) is 8.42 Å². The Morgan fingerprint density at radius 1 is 1.45 bits per heavy atom. The zero-order chi connectivity index (χ0) is 8.48. The fourth-order valence-electron chi connectivity index (χ4n) is 1.08. The molecular formula is C5H9NO4S. The minimum atomic E-state index is -3.14. The van der Waals surface area contributed by atoms with Crippen LogP contribution in [0, 0.1) is 0 Å². The third-order valence-electron chi connectivity index (χ3n) is 1.60. The van der Waals surface area contributed by atoms with Crippen molar-refractivity contribution in [2.24, 2.45) is 0 Å². The van der Waals surface area contributed by atoms with Crippen LogP contribution in [0.5, 0.6) is 0 Å². The zero-order valence-corrected chi connectivity index (χ0v) is 6.54. The highest BCUT2D eigenvalue weighted by atomic mass is 32.2. The molecule has 0 spiro atoms. The van der Waals surface area contributed by atoms with Crippen molar-refractivity contribution in [2.75, 3.05) is 11.5 Å². The lowest BCUT2D eigenvalue weighted by molar-refractivity contribution is -0.110. The molecule has 1 aliphatic rings. The summed E-state index contributed by atoms with van der Waals surface area (Å²) in [5.74, 6) is -0.411. The van der Waals surface area contributed by atoms with Crippen LogP contribution in [0.25, 0.3) is 0 Å². The molecule has 1 heterocycles. The van der Waals surface area contributed by atoms with Crippen LogP contribution in [0.2, 0.25) is 0 Å². The first kappa shape index (κ1) is 8.48. The van der Waals surface area contributed by atoms with E-state index in [1.165, 1.54) is 0 Å². The SMILES string of the molecule is O=CN[C@@H]1CS(=O)(=O)C[C@H]1O. The van der Waals surface area contributed by atoms with E-state index >= 15 is 0 Å². The van der Waals surface area contributed by atoms with Crippen LogP contribution in [0.4, 0.5) is 0 Å². The Morgan fingerprint density at radius 3 is 2.45 bits per heavy atom. The standard InChI is InChI=1S/C5H9NO4S/c7-3-6-4-1-11(9,10)2-5(4)8/h3-5,8H,1-2H2,(H,6,7)/t4-,5-/m1/s1. The van der Waals surface area contributed by atoms with E-state index in [-0.39, 0.29) is 11.5 Å². The number of sulfone groups is 1. The van der Waals surface area contributed by atoms with E-state index in [0.29, 0.717) is 6.41 Å². The van der Waals surface area contributed by atoms with Crippen molar-refractivity contribution in [1.29, 1.82) is 0 Å². The molecule has 0 saturated carbocycles. The van der Waals surface area contributed by atoms with E-state index in [9.17, 15) is 13.2 Å². The first-order valence-electron chi connectivity index (χ1n) is 3.13. The summed E-state index contributed by atoms with van der Waals surface area (Å²) in [7, 11) is -3.14. The highest BCUT2D eigenvalue weighted by molar-refractivity contribution is 7.91. The van der Waals surface area contributed by atoms with Gasteiger partial charge in [0.2, 0.25) is 6.41 Å². The zero-order valence-electron chi connectivity index (χ0n) is 5.73. The molecule has 1 rings (SSSR count). The maximum absolute atomic E-state index is 10.8. The summed E-state index contributed by atoms with van der Waals surface area (Å²) in [4.78, 5) is 9.90. The van der Waals surface area contributed by atoms with Gasteiger partial charge in [-0.15, -0.1) is 0 Å². The summed E-state index contributed by atoms with van der Waals surface area (Å²) in [5.41, 5.74) is 0. The molecule has 0 aliphatic carbocycles. The van der Waals surface area contributed by atoms with Gasteiger partial charge in [0.25, 0.3) is 0 Å². The van der Waals surface area contributed by atoms with Crippen molar-refractivity contribution >= 4 is 16.2 Å². The molecule has 0 radical (unpaired) electrons. The Morgan fingerprint density at radius 2 is 2.09 bits per heavy atom. The Balaban J connectivity index is 2.66. The molecule has 2 atom stereocenters. The molecule has 1 aliphatic heterocycles. The average Bonchev–Trinajstić information content (AvgIpc) is 2.07. The van der Waals surface area contributed by atoms with Gasteiger partial charge >= 0.3 is 0 Å². The lowest BCUT2D eigenvalue weighted by atomic mass is 10.2. The summed E-state index contributed by atoms with van der Waals surface area (Å²) < 4.78 is 21.6. The minimum Gasteiger partial charge on any atom is -0.390 e. The highest BCUT2D eigenvalue weighted by Gasteiger charge is 2.35. The Kier molecular flexibility index (Phi) is 2.15. The van der Waals surface area contributed by atoms with Crippen molar-refractivity contribution in [2.45, 2.75) is 12.1 Å². The summed E-state index contributed by atoms with van der Waals surface area (Å²) in [5, 5.41) is 11.3. The number of rotatable bonds is 2. The number of carbonyl (C=O) groups excluding carboxylic acids is 1. The topological polar surface area (TPSA) is 83.5 Å². The van der Waals surface area contributed by atoms with Crippen LogP contribution in [0.1, 0.15) is 0 Å². The monoisotopic (exact) mass is 179 g/mol. The second-order valence-corrected chi connectivity index (χ2v) is 4.69. The van der Waals surface area contributed by atoms with Gasteiger partial charge in [-0.2, -0.15) is 0 Å². The quantitative estimate of drug-likeness (QED) is 0.475. The van der Waals surface area contributed by atoms with E-state index in [0.717, 1.165) is 0 Å². The van der Waals surface area contributed by atoms with Gasteiger partial charge < -0.3 is 10.4 Å². The molecule has 6 heteroatoms. The molecule has 1 amide bonds. The number of aliphatic hydroxyl groups excluding tert-OH is 1. The maximum Gasteiger partial charge on any atom is 0.207 e. The molecule has 0 unspecified atom stereocenters. The Labute approximate surface area is 64.3 Å². The molecule has 64 valence electrons. The number of hydrogen-bond donors (Lipinski definition) is 2. The predicted molar refractivity (Wildman–Crippen MR) is 37.6 cm³/mol. The van der Waals surface area contributed by atoms with Gasteiger partial charge in [-0.05, 0) is 0 Å². The molecule has 0 bridgehead atoms. The fraction of sp³-hybridized carbons (Fsp3) is 0.800. The Bertz CT molecular complexity index is 247. The summed E-state index contributed by atoms with van der Waals surface area (Å²) in [6.45, 7) is 0. The van der Waals surface area contributed by atoms with Gasteiger partial charge in [-0.3, -0.25) is 4.79 Å². The van der Waals surface area contributed by atoms with Crippen molar-refractivity contribution in [3.63, 3.8) is 0 Å². The van der Waals surface area contributed by atoms with Crippen LogP contribution < -0.4 is 5.32 Å². The van der Waals surface area contributed by atoms with Gasteiger partial charge in [-0.1, -0.05) is 0 Å². The van der Waals surface area contributed by atoms with Crippen molar-refractivity contribution < 1.29 is 18.3 Å². The molecule has 0 aromatic heterocycles. The number of amides is 1.